The Morgan fingerprint density at radius 1 is 1.10 bits per heavy atom. The van der Waals surface area contributed by atoms with Crippen molar-refractivity contribution in [3.8, 4) is 0 Å². The van der Waals surface area contributed by atoms with Gasteiger partial charge in [-0.05, 0) is 43.3 Å². The van der Waals surface area contributed by atoms with E-state index >= 15 is 0 Å². The van der Waals surface area contributed by atoms with E-state index in [2.05, 4.69) is 52.4 Å². The Morgan fingerprint density at radius 2 is 1.75 bits per heavy atom. The number of aryl methyl sites for hydroxylation is 1. The van der Waals surface area contributed by atoms with Crippen molar-refractivity contribution >= 4 is 33.6 Å². The average Bonchev–Trinajstić information content (AvgIpc) is 2.46. The Morgan fingerprint density at radius 3 is 2.40 bits per heavy atom. The van der Waals surface area contributed by atoms with Crippen LogP contribution in [0.2, 0.25) is 0 Å². The maximum Gasteiger partial charge on any atom is 0.251 e. The second-order valence-electron chi connectivity index (χ2n) is 4.42. The lowest BCUT2D eigenvalue weighted by Gasteiger charge is -2.05. The molecule has 2 rings (SSSR count). The maximum atomic E-state index is 11.9. The lowest BCUT2D eigenvalue weighted by Crippen LogP contribution is -2.25. The number of amides is 1. The van der Waals surface area contributed by atoms with Gasteiger partial charge in [0.15, 0.2) is 0 Å². The monoisotopic (exact) mass is 349 g/mol. The zero-order valence-electron chi connectivity index (χ0n) is 11.2. The van der Waals surface area contributed by atoms with Crippen LogP contribution < -0.4 is 5.32 Å². The maximum absolute atomic E-state index is 11.9. The van der Waals surface area contributed by atoms with Gasteiger partial charge in [0.1, 0.15) is 0 Å². The van der Waals surface area contributed by atoms with Crippen molar-refractivity contribution < 1.29 is 4.79 Å². The molecule has 2 nitrogen and oxygen atoms in total. The fraction of sp³-hybridized carbons (Fsp3) is 0.188. The number of nitrogens with one attached hydrogen (secondary N) is 1. The molecule has 0 aliphatic rings. The largest absolute Gasteiger partial charge is 0.351 e. The third-order valence-electron chi connectivity index (χ3n) is 2.78. The Balaban J connectivity index is 1.74. The van der Waals surface area contributed by atoms with Crippen LogP contribution in [0.5, 0.6) is 0 Å². The molecule has 0 unspecified atom stereocenters. The quantitative estimate of drug-likeness (QED) is 0.644. The molecule has 4 heteroatoms. The van der Waals surface area contributed by atoms with Gasteiger partial charge >= 0.3 is 0 Å². The number of benzene rings is 2. The van der Waals surface area contributed by atoms with Crippen LogP contribution in [0.25, 0.3) is 0 Å². The summed E-state index contributed by atoms with van der Waals surface area (Å²) in [4.78, 5) is 13.1. The summed E-state index contributed by atoms with van der Waals surface area (Å²) in [6, 6.07) is 15.8. The molecule has 0 saturated carbocycles. The van der Waals surface area contributed by atoms with Gasteiger partial charge in [-0.1, -0.05) is 33.6 Å². The van der Waals surface area contributed by atoms with Gasteiger partial charge in [-0.15, -0.1) is 11.8 Å². The summed E-state index contributed by atoms with van der Waals surface area (Å²) in [5.41, 5.74) is 1.95. The van der Waals surface area contributed by atoms with Crippen LogP contribution in [0.3, 0.4) is 0 Å². The normalized spacial score (nSPS) is 10.3. The number of halogens is 1. The molecule has 0 aliphatic carbocycles. The highest BCUT2D eigenvalue weighted by Crippen LogP contribution is 2.17. The van der Waals surface area contributed by atoms with Crippen LogP contribution in [-0.2, 0) is 0 Å². The van der Waals surface area contributed by atoms with E-state index in [-0.39, 0.29) is 5.91 Å². The van der Waals surface area contributed by atoms with Crippen LogP contribution in [0.4, 0.5) is 0 Å². The molecule has 0 saturated heterocycles. The molecule has 0 aliphatic heterocycles. The van der Waals surface area contributed by atoms with Gasteiger partial charge < -0.3 is 5.32 Å². The fourth-order valence-corrected chi connectivity index (χ4v) is 2.70. The topological polar surface area (TPSA) is 29.1 Å². The van der Waals surface area contributed by atoms with Crippen molar-refractivity contribution in [1.82, 2.24) is 5.32 Å². The van der Waals surface area contributed by atoms with Crippen molar-refractivity contribution in [3.63, 3.8) is 0 Å². The number of thioether (sulfide) groups is 1. The molecule has 1 N–H and O–H groups in total. The predicted octanol–water partition coefficient (Wildman–Crippen LogP) is 4.28. The fourth-order valence-electron chi connectivity index (χ4n) is 1.67. The van der Waals surface area contributed by atoms with Crippen molar-refractivity contribution in [2.75, 3.05) is 12.3 Å². The average molecular weight is 350 g/mol. The molecule has 0 radical (unpaired) electrons. The molecular weight excluding hydrogens is 334 g/mol. The van der Waals surface area contributed by atoms with E-state index in [4.69, 9.17) is 0 Å². The van der Waals surface area contributed by atoms with E-state index in [1.807, 2.05) is 24.3 Å². The third-order valence-corrected chi connectivity index (χ3v) is 4.33. The van der Waals surface area contributed by atoms with Crippen molar-refractivity contribution in [2.24, 2.45) is 0 Å². The molecule has 0 spiro atoms. The third kappa shape index (κ3) is 4.69. The minimum absolute atomic E-state index is 0.0259. The van der Waals surface area contributed by atoms with Crippen molar-refractivity contribution in [2.45, 2.75) is 11.8 Å². The summed E-state index contributed by atoms with van der Waals surface area (Å²) < 4.78 is 0.976. The second kappa shape index (κ2) is 7.50. The number of hydrogen-bond donors (Lipinski definition) is 1. The highest BCUT2D eigenvalue weighted by atomic mass is 79.9. The molecule has 20 heavy (non-hydrogen) atoms. The van der Waals surface area contributed by atoms with E-state index in [0.717, 1.165) is 10.2 Å². The standard InChI is InChI=1S/C16H16BrNOS/c1-12-2-8-15(9-3-12)20-11-10-18-16(19)13-4-6-14(17)7-5-13/h2-9H,10-11H2,1H3,(H,18,19). The molecule has 0 fully saturated rings. The molecular formula is C16H16BrNOS. The van der Waals surface area contributed by atoms with Gasteiger partial charge in [0, 0.05) is 27.2 Å². The number of carbonyl (C=O) groups is 1. The van der Waals surface area contributed by atoms with E-state index in [9.17, 15) is 4.79 Å². The Kier molecular flexibility index (Phi) is 5.68. The first-order valence-corrected chi connectivity index (χ1v) is 8.16. The zero-order valence-corrected chi connectivity index (χ0v) is 13.6. The molecule has 1 amide bonds. The van der Waals surface area contributed by atoms with Gasteiger partial charge in [-0.3, -0.25) is 4.79 Å². The van der Waals surface area contributed by atoms with Crippen LogP contribution in [0, 0.1) is 6.92 Å². The minimum atomic E-state index is -0.0259. The summed E-state index contributed by atoms with van der Waals surface area (Å²) in [5, 5.41) is 2.92. The van der Waals surface area contributed by atoms with E-state index in [0.29, 0.717) is 12.1 Å². The van der Waals surface area contributed by atoms with Crippen molar-refractivity contribution in [1.29, 1.82) is 0 Å². The second-order valence-corrected chi connectivity index (χ2v) is 6.51. The smallest absolute Gasteiger partial charge is 0.251 e. The molecule has 104 valence electrons. The first-order valence-electron chi connectivity index (χ1n) is 6.38. The highest BCUT2D eigenvalue weighted by Gasteiger charge is 2.04. The van der Waals surface area contributed by atoms with E-state index in [1.165, 1.54) is 10.5 Å². The summed E-state index contributed by atoms with van der Waals surface area (Å²) in [7, 11) is 0. The molecule has 2 aromatic rings. The minimum Gasteiger partial charge on any atom is -0.351 e. The van der Waals surface area contributed by atoms with E-state index < -0.39 is 0 Å². The molecule has 2 aromatic carbocycles. The van der Waals surface area contributed by atoms with Crippen LogP contribution >= 0.6 is 27.7 Å². The zero-order chi connectivity index (χ0) is 14.4. The number of carbonyl (C=O) groups excluding carboxylic acids is 1. The Bertz CT molecular complexity index is 566. The summed E-state index contributed by atoms with van der Waals surface area (Å²) in [6.45, 7) is 2.74. The van der Waals surface area contributed by atoms with Gasteiger partial charge in [-0.2, -0.15) is 0 Å². The molecule has 0 atom stereocenters. The van der Waals surface area contributed by atoms with Crippen LogP contribution in [-0.4, -0.2) is 18.2 Å². The lowest BCUT2D eigenvalue weighted by atomic mass is 10.2. The van der Waals surface area contributed by atoms with Gasteiger partial charge in [-0.25, -0.2) is 0 Å². The summed E-state index contributed by atoms with van der Waals surface area (Å²) in [5.74, 6) is 0.840. The number of hydrogen-bond acceptors (Lipinski definition) is 2. The Hall–Kier alpha value is -1.26. The predicted molar refractivity (Wildman–Crippen MR) is 88.4 cm³/mol. The first kappa shape index (κ1) is 15.1. The Labute approximate surface area is 132 Å². The number of rotatable bonds is 5. The van der Waals surface area contributed by atoms with Crippen molar-refractivity contribution in [3.05, 3.63) is 64.1 Å². The van der Waals surface area contributed by atoms with Crippen LogP contribution in [0.1, 0.15) is 15.9 Å². The molecule has 0 heterocycles. The SMILES string of the molecule is Cc1ccc(SCCNC(=O)c2ccc(Br)cc2)cc1. The first-order chi connectivity index (χ1) is 9.65. The van der Waals surface area contributed by atoms with Crippen LogP contribution in [0.15, 0.2) is 57.9 Å². The highest BCUT2D eigenvalue weighted by molar-refractivity contribution is 9.10. The van der Waals surface area contributed by atoms with Gasteiger partial charge in [0.05, 0.1) is 0 Å². The molecule has 0 aromatic heterocycles. The van der Waals surface area contributed by atoms with Gasteiger partial charge in [0.2, 0.25) is 0 Å². The summed E-state index contributed by atoms with van der Waals surface area (Å²) >= 11 is 5.10. The molecule has 0 bridgehead atoms. The lowest BCUT2D eigenvalue weighted by molar-refractivity contribution is 0.0956. The summed E-state index contributed by atoms with van der Waals surface area (Å²) in [6.07, 6.45) is 0. The van der Waals surface area contributed by atoms with E-state index in [1.54, 1.807) is 11.8 Å². The van der Waals surface area contributed by atoms with Gasteiger partial charge in [0.25, 0.3) is 5.91 Å².